The second-order valence-corrected chi connectivity index (χ2v) is 6.85. The zero-order valence-corrected chi connectivity index (χ0v) is 14.4. The summed E-state index contributed by atoms with van der Waals surface area (Å²) in [5.41, 5.74) is 1.76. The minimum Gasteiger partial charge on any atom is -0.334 e. The molecule has 1 aromatic carbocycles. The van der Waals surface area contributed by atoms with E-state index in [0.29, 0.717) is 23.1 Å². The first kappa shape index (κ1) is 16.2. The van der Waals surface area contributed by atoms with E-state index in [9.17, 15) is 9.18 Å². The number of piperazine rings is 1. The molecule has 132 valence electrons. The van der Waals surface area contributed by atoms with Gasteiger partial charge in [0.2, 0.25) is 0 Å². The summed E-state index contributed by atoms with van der Waals surface area (Å²) in [4.78, 5) is 17.3. The maximum absolute atomic E-state index is 13.1. The smallest absolute Gasteiger partial charge is 0.276 e. The van der Waals surface area contributed by atoms with Gasteiger partial charge >= 0.3 is 0 Å². The third kappa shape index (κ3) is 3.04. The average Bonchev–Trinajstić information content (AvgIpc) is 3.03. The van der Waals surface area contributed by atoms with Crippen molar-refractivity contribution in [3.05, 3.63) is 41.5 Å². The van der Waals surface area contributed by atoms with Gasteiger partial charge in [0.15, 0.2) is 5.69 Å². The number of fused-ring (bicyclic) bond motifs is 1. The van der Waals surface area contributed by atoms with E-state index in [1.165, 1.54) is 25.0 Å². The van der Waals surface area contributed by atoms with E-state index in [-0.39, 0.29) is 11.7 Å². The van der Waals surface area contributed by atoms with Crippen LogP contribution in [0, 0.1) is 12.7 Å². The van der Waals surface area contributed by atoms with Gasteiger partial charge in [-0.2, -0.15) is 0 Å². The molecular weight excluding hydrogens is 321 g/mol. The Kier molecular flexibility index (Phi) is 4.25. The SMILES string of the molecule is Cc1c(C(=O)N2CCN3CCCCC3C2)nnn1-c1ccc(F)cc1. The highest BCUT2D eigenvalue weighted by atomic mass is 19.1. The van der Waals surface area contributed by atoms with Crippen LogP contribution in [0.4, 0.5) is 4.39 Å². The molecule has 0 spiro atoms. The molecule has 2 aliphatic rings. The van der Waals surface area contributed by atoms with Crippen molar-refractivity contribution in [2.45, 2.75) is 32.2 Å². The molecule has 0 aliphatic carbocycles. The molecule has 0 bridgehead atoms. The van der Waals surface area contributed by atoms with Gasteiger partial charge in [-0.15, -0.1) is 5.10 Å². The van der Waals surface area contributed by atoms with E-state index in [1.54, 1.807) is 16.8 Å². The van der Waals surface area contributed by atoms with Gasteiger partial charge in [-0.1, -0.05) is 11.6 Å². The normalized spacial score (nSPS) is 21.2. The largest absolute Gasteiger partial charge is 0.334 e. The highest BCUT2D eigenvalue weighted by Crippen LogP contribution is 2.22. The molecule has 0 saturated carbocycles. The second kappa shape index (κ2) is 6.55. The van der Waals surface area contributed by atoms with E-state index in [4.69, 9.17) is 0 Å². The van der Waals surface area contributed by atoms with Crippen LogP contribution < -0.4 is 0 Å². The summed E-state index contributed by atoms with van der Waals surface area (Å²) in [6, 6.07) is 6.48. The summed E-state index contributed by atoms with van der Waals surface area (Å²) < 4.78 is 14.7. The third-order valence-corrected chi connectivity index (χ3v) is 5.29. The van der Waals surface area contributed by atoms with Gasteiger partial charge in [-0.3, -0.25) is 9.69 Å². The fraction of sp³-hybridized carbons (Fsp3) is 0.500. The third-order valence-electron chi connectivity index (χ3n) is 5.29. The lowest BCUT2D eigenvalue weighted by molar-refractivity contribution is 0.0367. The summed E-state index contributed by atoms with van der Waals surface area (Å²) in [6.45, 7) is 5.40. The van der Waals surface area contributed by atoms with Gasteiger partial charge in [0.05, 0.1) is 11.4 Å². The maximum Gasteiger partial charge on any atom is 0.276 e. The second-order valence-electron chi connectivity index (χ2n) is 6.85. The van der Waals surface area contributed by atoms with Crippen molar-refractivity contribution in [2.24, 2.45) is 0 Å². The van der Waals surface area contributed by atoms with Crippen molar-refractivity contribution < 1.29 is 9.18 Å². The molecule has 25 heavy (non-hydrogen) atoms. The standard InChI is InChI=1S/C18H22FN5O/c1-13-17(20-21-24(13)15-7-5-14(19)6-8-15)18(25)23-11-10-22-9-3-2-4-16(22)12-23/h5-8,16H,2-4,9-12H2,1H3. The van der Waals surface area contributed by atoms with Crippen molar-refractivity contribution in [2.75, 3.05) is 26.2 Å². The molecule has 1 amide bonds. The van der Waals surface area contributed by atoms with Gasteiger partial charge in [0, 0.05) is 25.7 Å². The first-order chi connectivity index (χ1) is 12.1. The van der Waals surface area contributed by atoms with Gasteiger partial charge < -0.3 is 4.90 Å². The number of aromatic nitrogens is 3. The Morgan fingerprint density at radius 2 is 1.96 bits per heavy atom. The zero-order chi connectivity index (χ0) is 17.4. The molecule has 2 aromatic rings. The Balaban J connectivity index is 1.54. The number of hydrogen-bond donors (Lipinski definition) is 0. The Morgan fingerprint density at radius 1 is 1.16 bits per heavy atom. The van der Waals surface area contributed by atoms with Crippen molar-refractivity contribution in [3.8, 4) is 5.69 Å². The van der Waals surface area contributed by atoms with Crippen molar-refractivity contribution in [3.63, 3.8) is 0 Å². The Bertz CT molecular complexity index is 772. The molecule has 0 radical (unpaired) electrons. The van der Waals surface area contributed by atoms with Crippen LogP contribution in [0.15, 0.2) is 24.3 Å². The summed E-state index contributed by atoms with van der Waals surface area (Å²) in [6.07, 6.45) is 3.66. The number of rotatable bonds is 2. The van der Waals surface area contributed by atoms with Crippen LogP contribution >= 0.6 is 0 Å². The quantitative estimate of drug-likeness (QED) is 0.837. The van der Waals surface area contributed by atoms with Gasteiger partial charge in [-0.25, -0.2) is 9.07 Å². The number of hydrogen-bond acceptors (Lipinski definition) is 4. The van der Waals surface area contributed by atoms with E-state index < -0.39 is 0 Å². The van der Waals surface area contributed by atoms with Crippen LogP contribution in [0.5, 0.6) is 0 Å². The number of amides is 1. The van der Waals surface area contributed by atoms with Crippen LogP contribution in [-0.4, -0.2) is 62.9 Å². The summed E-state index contributed by atoms with van der Waals surface area (Å²) in [5, 5.41) is 8.21. The van der Waals surface area contributed by atoms with E-state index in [1.807, 2.05) is 11.8 Å². The molecule has 1 atom stereocenters. The molecule has 2 saturated heterocycles. The molecule has 3 heterocycles. The van der Waals surface area contributed by atoms with Gasteiger partial charge in [-0.05, 0) is 50.6 Å². The summed E-state index contributed by atoms with van der Waals surface area (Å²) >= 11 is 0. The number of benzene rings is 1. The highest BCUT2D eigenvalue weighted by Gasteiger charge is 2.33. The first-order valence-electron chi connectivity index (χ1n) is 8.85. The molecule has 1 unspecified atom stereocenters. The molecule has 6 nitrogen and oxygen atoms in total. The van der Waals surface area contributed by atoms with Crippen molar-refractivity contribution in [1.82, 2.24) is 24.8 Å². The Hall–Kier alpha value is -2.28. The molecule has 4 rings (SSSR count). The van der Waals surface area contributed by atoms with Crippen molar-refractivity contribution >= 4 is 5.91 Å². The van der Waals surface area contributed by atoms with Crippen LogP contribution in [0.2, 0.25) is 0 Å². The molecule has 0 N–H and O–H groups in total. The lowest BCUT2D eigenvalue weighted by atomic mass is 9.99. The average molecular weight is 343 g/mol. The number of nitrogens with zero attached hydrogens (tertiary/aromatic N) is 5. The van der Waals surface area contributed by atoms with Crippen LogP contribution in [0.3, 0.4) is 0 Å². The van der Waals surface area contributed by atoms with E-state index in [2.05, 4.69) is 15.2 Å². The van der Waals surface area contributed by atoms with Gasteiger partial charge in [0.1, 0.15) is 5.82 Å². The maximum atomic E-state index is 13.1. The minimum atomic E-state index is -0.303. The lowest BCUT2D eigenvalue weighted by Gasteiger charge is -2.43. The monoisotopic (exact) mass is 343 g/mol. The molecule has 7 heteroatoms. The summed E-state index contributed by atoms with van der Waals surface area (Å²) in [7, 11) is 0. The fourth-order valence-electron chi connectivity index (χ4n) is 3.84. The number of carbonyl (C=O) groups is 1. The molecule has 1 aromatic heterocycles. The zero-order valence-electron chi connectivity index (χ0n) is 14.4. The van der Waals surface area contributed by atoms with Crippen LogP contribution in [0.1, 0.15) is 35.4 Å². The van der Waals surface area contributed by atoms with Gasteiger partial charge in [0.25, 0.3) is 5.91 Å². The van der Waals surface area contributed by atoms with Crippen LogP contribution in [-0.2, 0) is 0 Å². The molecule has 2 fully saturated rings. The predicted octanol–water partition coefficient (Wildman–Crippen LogP) is 2.03. The topological polar surface area (TPSA) is 54.3 Å². The molecule has 2 aliphatic heterocycles. The summed E-state index contributed by atoms with van der Waals surface area (Å²) in [5.74, 6) is -0.362. The van der Waals surface area contributed by atoms with Crippen molar-refractivity contribution in [1.29, 1.82) is 0 Å². The Morgan fingerprint density at radius 3 is 2.76 bits per heavy atom. The fourth-order valence-corrected chi connectivity index (χ4v) is 3.84. The van der Waals surface area contributed by atoms with Crippen LogP contribution in [0.25, 0.3) is 5.69 Å². The van der Waals surface area contributed by atoms with E-state index >= 15 is 0 Å². The minimum absolute atomic E-state index is 0.0592. The number of halogens is 1. The number of carbonyl (C=O) groups excluding carboxylic acids is 1. The lowest BCUT2D eigenvalue weighted by Crippen LogP contribution is -2.56. The van der Waals surface area contributed by atoms with E-state index in [0.717, 1.165) is 32.6 Å². The molecular formula is C18H22FN5O. The first-order valence-corrected chi connectivity index (χ1v) is 8.85. The number of piperidine rings is 1. The Labute approximate surface area is 146 Å². The predicted molar refractivity (Wildman–Crippen MR) is 91.2 cm³/mol. The highest BCUT2D eigenvalue weighted by molar-refractivity contribution is 5.93.